The van der Waals surface area contributed by atoms with E-state index in [1.807, 2.05) is 31.2 Å². The van der Waals surface area contributed by atoms with Gasteiger partial charge in [-0.15, -0.1) is 0 Å². The van der Waals surface area contributed by atoms with Crippen molar-refractivity contribution in [3.05, 3.63) is 33.5 Å². The number of benzene rings is 1. The highest BCUT2D eigenvalue weighted by molar-refractivity contribution is 14.1. The minimum atomic E-state index is -0.877. The van der Waals surface area contributed by atoms with E-state index in [1.54, 1.807) is 0 Å². The van der Waals surface area contributed by atoms with Gasteiger partial charge in [-0.1, -0.05) is 0 Å². The number of nitrogens with zero attached hydrogens (tertiary/aromatic N) is 1. The van der Waals surface area contributed by atoms with Gasteiger partial charge in [0.25, 0.3) is 0 Å². The van der Waals surface area contributed by atoms with Crippen molar-refractivity contribution in [2.45, 2.75) is 6.92 Å². The van der Waals surface area contributed by atoms with Crippen molar-refractivity contribution < 1.29 is 9.90 Å². The molecular formula is C12H11IN2O2. The molecule has 0 bridgehead atoms. The molecule has 4 nitrogen and oxygen atoms in total. The largest absolute Gasteiger partial charge is 0.480 e. The number of nitrogens with one attached hydrogen (secondary N) is 1. The van der Waals surface area contributed by atoms with Gasteiger partial charge >= 0.3 is 5.97 Å². The van der Waals surface area contributed by atoms with E-state index in [0.29, 0.717) is 0 Å². The van der Waals surface area contributed by atoms with Crippen LogP contribution >= 0.6 is 22.6 Å². The fourth-order valence-electron chi connectivity index (χ4n) is 1.65. The number of carbonyl (C=O) groups is 1. The molecule has 0 unspecified atom stereocenters. The average Bonchev–Trinajstić information content (AvgIpc) is 2.26. The normalized spacial score (nSPS) is 10.5. The third kappa shape index (κ3) is 2.85. The highest BCUT2D eigenvalue weighted by Gasteiger charge is 2.05. The number of hydrogen-bond donors (Lipinski definition) is 2. The zero-order valence-corrected chi connectivity index (χ0v) is 11.4. The quantitative estimate of drug-likeness (QED) is 0.842. The fourth-order valence-corrected chi connectivity index (χ4v) is 2.14. The van der Waals surface area contributed by atoms with Crippen LogP contribution in [0.3, 0.4) is 0 Å². The highest BCUT2D eigenvalue weighted by Crippen LogP contribution is 2.24. The van der Waals surface area contributed by atoms with Crippen LogP contribution in [0.2, 0.25) is 0 Å². The number of aromatic nitrogens is 1. The maximum absolute atomic E-state index is 10.6. The Morgan fingerprint density at radius 3 is 2.94 bits per heavy atom. The van der Waals surface area contributed by atoms with E-state index < -0.39 is 5.97 Å². The van der Waals surface area contributed by atoms with Gasteiger partial charge < -0.3 is 10.4 Å². The number of hydrogen-bond acceptors (Lipinski definition) is 3. The van der Waals surface area contributed by atoms with Gasteiger partial charge in [-0.3, -0.25) is 9.78 Å². The van der Waals surface area contributed by atoms with Crippen LogP contribution in [-0.4, -0.2) is 22.6 Å². The number of aliphatic carboxylic acids is 1. The monoisotopic (exact) mass is 342 g/mol. The predicted molar refractivity (Wildman–Crippen MR) is 75.3 cm³/mol. The van der Waals surface area contributed by atoms with Crippen LogP contribution < -0.4 is 5.32 Å². The van der Waals surface area contributed by atoms with Crippen molar-refractivity contribution in [2.75, 3.05) is 11.9 Å². The Hall–Kier alpha value is -1.37. The average molecular weight is 342 g/mol. The second-order valence-corrected chi connectivity index (χ2v) is 4.97. The first-order valence-corrected chi connectivity index (χ1v) is 6.17. The molecule has 0 fully saturated rings. The number of carboxylic acid groups (broad SMARTS) is 1. The summed E-state index contributed by atoms with van der Waals surface area (Å²) >= 11 is 2.22. The lowest BCUT2D eigenvalue weighted by atomic mass is 10.1. The van der Waals surface area contributed by atoms with Crippen LogP contribution in [0.15, 0.2) is 24.3 Å². The lowest BCUT2D eigenvalue weighted by Crippen LogP contribution is -2.12. The summed E-state index contributed by atoms with van der Waals surface area (Å²) in [5, 5.41) is 12.6. The third-order valence-corrected chi connectivity index (χ3v) is 3.00. The topological polar surface area (TPSA) is 62.2 Å². The van der Waals surface area contributed by atoms with Gasteiger partial charge in [0.05, 0.1) is 5.52 Å². The Morgan fingerprint density at radius 1 is 1.47 bits per heavy atom. The molecule has 0 aliphatic rings. The first-order valence-electron chi connectivity index (χ1n) is 5.09. The van der Waals surface area contributed by atoms with Crippen LogP contribution in [0.5, 0.6) is 0 Å². The van der Waals surface area contributed by atoms with Gasteiger partial charge in [0, 0.05) is 20.3 Å². The van der Waals surface area contributed by atoms with Crippen LogP contribution in [0.25, 0.3) is 10.9 Å². The van der Waals surface area contributed by atoms with Crippen LogP contribution in [-0.2, 0) is 4.79 Å². The van der Waals surface area contributed by atoms with Crippen LogP contribution in [0, 0.1) is 10.5 Å². The van der Waals surface area contributed by atoms with Crippen molar-refractivity contribution in [1.82, 2.24) is 4.98 Å². The maximum Gasteiger partial charge on any atom is 0.322 e. The Morgan fingerprint density at radius 2 is 2.24 bits per heavy atom. The molecule has 0 spiro atoms. The van der Waals surface area contributed by atoms with Gasteiger partial charge in [0.1, 0.15) is 6.54 Å². The van der Waals surface area contributed by atoms with Crippen LogP contribution in [0.4, 0.5) is 5.69 Å². The number of halogens is 1. The molecule has 88 valence electrons. The summed E-state index contributed by atoms with van der Waals surface area (Å²) in [6, 6.07) is 7.78. The molecule has 0 saturated carbocycles. The molecule has 0 amide bonds. The summed E-state index contributed by atoms with van der Waals surface area (Å²) in [6.45, 7) is 1.80. The molecule has 1 heterocycles. The van der Waals surface area contributed by atoms with E-state index in [1.165, 1.54) is 0 Å². The van der Waals surface area contributed by atoms with Crippen molar-refractivity contribution in [3.63, 3.8) is 0 Å². The van der Waals surface area contributed by atoms with Gasteiger partial charge in [0.2, 0.25) is 0 Å². The minimum absolute atomic E-state index is 0.0932. The number of fused-ring (bicyclic) bond motifs is 1. The lowest BCUT2D eigenvalue weighted by Gasteiger charge is -2.09. The summed E-state index contributed by atoms with van der Waals surface area (Å²) in [6.07, 6.45) is 0. The summed E-state index contributed by atoms with van der Waals surface area (Å²) in [4.78, 5) is 15.0. The van der Waals surface area contributed by atoms with E-state index in [9.17, 15) is 4.79 Å². The van der Waals surface area contributed by atoms with E-state index in [2.05, 4.69) is 32.9 Å². The number of carboxylic acids is 1. The summed E-state index contributed by atoms with van der Waals surface area (Å²) in [5.41, 5.74) is 2.55. The maximum atomic E-state index is 10.6. The highest BCUT2D eigenvalue weighted by atomic mass is 127. The van der Waals surface area contributed by atoms with E-state index in [-0.39, 0.29) is 6.54 Å². The molecule has 0 saturated heterocycles. The van der Waals surface area contributed by atoms with Gasteiger partial charge in [-0.2, -0.15) is 0 Å². The molecule has 0 aliphatic heterocycles. The zero-order chi connectivity index (χ0) is 12.4. The van der Waals surface area contributed by atoms with E-state index in [4.69, 9.17) is 5.11 Å². The second-order valence-electron chi connectivity index (χ2n) is 3.72. The summed E-state index contributed by atoms with van der Waals surface area (Å²) in [7, 11) is 0. The Balaban J connectivity index is 2.51. The second kappa shape index (κ2) is 4.87. The van der Waals surface area contributed by atoms with E-state index in [0.717, 1.165) is 25.9 Å². The molecular weight excluding hydrogens is 331 g/mol. The molecule has 0 atom stereocenters. The minimum Gasteiger partial charge on any atom is -0.480 e. The molecule has 0 aliphatic carbocycles. The van der Waals surface area contributed by atoms with Crippen molar-refractivity contribution in [2.24, 2.45) is 0 Å². The lowest BCUT2D eigenvalue weighted by molar-refractivity contribution is -0.134. The summed E-state index contributed by atoms with van der Waals surface area (Å²) in [5.74, 6) is -0.877. The molecule has 17 heavy (non-hydrogen) atoms. The molecule has 2 rings (SSSR count). The van der Waals surface area contributed by atoms with Crippen molar-refractivity contribution in [1.29, 1.82) is 0 Å². The molecule has 2 aromatic rings. The number of anilines is 1. The summed E-state index contributed by atoms with van der Waals surface area (Å²) < 4.78 is 1.10. The number of pyridine rings is 1. The molecule has 1 aromatic carbocycles. The predicted octanol–water partition coefficient (Wildman–Crippen LogP) is 2.64. The van der Waals surface area contributed by atoms with Crippen molar-refractivity contribution >= 4 is 45.2 Å². The fraction of sp³-hybridized carbons (Fsp3) is 0.167. The Bertz CT molecular complexity index is 584. The zero-order valence-electron chi connectivity index (χ0n) is 9.20. The number of rotatable bonds is 3. The van der Waals surface area contributed by atoms with E-state index >= 15 is 0 Å². The van der Waals surface area contributed by atoms with Crippen LogP contribution in [0.1, 0.15) is 5.69 Å². The molecule has 1 aromatic heterocycles. The van der Waals surface area contributed by atoms with Gasteiger partial charge in [-0.05, 0) is 53.8 Å². The Labute approximate surface area is 112 Å². The Kier molecular flexibility index (Phi) is 3.46. The standard InChI is InChI=1S/C12H11IN2O2/c1-7-4-11(14-6-12(16)17)9-5-8(13)2-3-10(9)15-7/h2-5H,6H2,1H3,(H,14,15)(H,16,17). The first-order chi connectivity index (χ1) is 8.06. The number of aryl methyl sites for hydroxylation is 1. The molecule has 0 radical (unpaired) electrons. The first kappa shape index (κ1) is 12.1. The van der Waals surface area contributed by atoms with Gasteiger partial charge in [-0.25, -0.2) is 0 Å². The smallest absolute Gasteiger partial charge is 0.322 e. The van der Waals surface area contributed by atoms with Crippen molar-refractivity contribution in [3.8, 4) is 0 Å². The molecule has 5 heteroatoms. The third-order valence-electron chi connectivity index (χ3n) is 2.33. The molecule has 2 N–H and O–H groups in total. The SMILES string of the molecule is Cc1cc(NCC(=O)O)c2cc(I)ccc2n1. The van der Waals surface area contributed by atoms with Gasteiger partial charge in [0.15, 0.2) is 0 Å².